The quantitative estimate of drug-likeness (QED) is 0.626. The number of benzene rings is 1. The van der Waals surface area contributed by atoms with Gasteiger partial charge in [-0.3, -0.25) is 0 Å². The minimum Gasteiger partial charge on any atom is -0.302 e. The van der Waals surface area contributed by atoms with Gasteiger partial charge in [0.05, 0.1) is 6.54 Å². The molecule has 0 unspecified atom stereocenters. The highest BCUT2D eigenvalue weighted by Gasteiger charge is 2.04. The van der Waals surface area contributed by atoms with Crippen LogP contribution in [0.2, 0.25) is 5.02 Å². The van der Waals surface area contributed by atoms with Crippen LogP contribution in [0.4, 0.5) is 4.39 Å². The van der Waals surface area contributed by atoms with E-state index in [4.69, 9.17) is 18.0 Å². The molecule has 1 aromatic rings. The summed E-state index contributed by atoms with van der Waals surface area (Å²) in [4.78, 5) is 0. The number of terminal acetylenes is 1. The number of halogens is 3. The van der Waals surface area contributed by atoms with Gasteiger partial charge in [-0.25, -0.2) is 4.39 Å². The summed E-state index contributed by atoms with van der Waals surface area (Å²) in [5.41, 5.74) is 0.458. The highest BCUT2D eigenvalue weighted by molar-refractivity contribution is 6.31. The van der Waals surface area contributed by atoms with Gasteiger partial charge in [-0.05, 0) is 12.1 Å². The summed E-state index contributed by atoms with van der Waals surface area (Å²) in [6.07, 6.45) is 5.03. The number of hydrogen-bond donors (Lipinski definition) is 1. The van der Waals surface area contributed by atoms with Crippen molar-refractivity contribution in [3.8, 4) is 12.3 Å². The van der Waals surface area contributed by atoms with Crippen molar-refractivity contribution in [1.29, 1.82) is 0 Å². The Balaban J connectivity index is 0.00000169. The molecule has 0 amide bonds. The molecule has 0 heterocycles. The van der Waals surface area contributed by atoms with Crippen molar-refractivity contribution in [2.75, 3.05) is 6.54 Å². The third-order valence-electron chi connectivity index (χ3n) is 1.59. The molecule has 76 valence electrons. The Morgan fingerprint density at radius 1 is 1.50 bits per heavy atom. The number of rotatable bonds is 3. The highest BCUT2D eigenvalue weighted by atomic mass is 35.5. The van der Waals surface area contributed by atoms with Gasteiger partial charge in [0.25, 0.3) is 0 Å². The van der Waals surface area contributed by atoms with E-state index in [1.165, 1.54) is 6.07 Å². The third kappa shape index (κ3) is 3.55. The lowest BCUT2D eigenvalue weighted by Crippen LogP contribution is -2.14. The Morgan fingerprint density at radius 3 is 2.79 bits per heavy atom. The summed E-state index contributed by atoms with van der Waals surface area (Å²) >= 11 is 5.78. The molecule has 1 rings (SSSR count). The van der Waals surface area contributed by atoms with Crippen LogP contribution in [-0.4, -0.2) is 6.54 Å². The van der Waals surface area contributed by atoms with Gasteiger partial charge in [-0.1, -0.05) is 23.6 Å². The van der Waals surface area contributed by atoms with E-state index in [2.05, 4.69) is 11.2 Å². The molecule has 1 nitrogen and oxygen atoms in total. The van der Waals surface area contributed by atoms with Gasteiger partial charge in [0.2, 0.25) is 0 Å². The predicted molar refractivity (Wildman–Crippen MR) is 59.2 cm³/mol. The zero-order chi connectivity index (χ0) is 9.68. The zero-order valence-corrected chi connectivity index (χ0v) is 8.96. The van der Waals surface area contributed by atoms with E-state index in [0.29, 0.717) is 23.7 Å². The molecular formula is C10H10Cl2FN. The molecule has 14 heavy (non-hydrogen) atoms. The van der Waals surface area contributed by atoms with Crippen LogP contribution < -0.4 is 5.32 Å². The molecule has 0 saturated heterocycles. The fourth-order valence-corrected chi connectivity index (χ4v) is 1.19. The van der Waals surface area contributed by atoms with Crippen molar-refractivity contribution in [2.24, 2.45) is 0 Å². The molecule has 1 N–H and O–H groups in total. The van der Waals surface area contributed by atoms with Gasteiger partial charge in [0, 0.05) is 17.1 Å². The van der Waals surface area contributed by atoms with E-state index < -0.39 is 0 Å². The predicted octanol–water partition coefficient (Wildman–Crippen LogP) is 2.62. The van der Waals surface area contributed by atoms with E-state index >= 15 is 0 Å². The van der Waals surface area contributed by atoms with Crippen LogP contribution in [0.15, 0.2) is 18.2 Å². The summed E-state index contributed by atoms with van der Waals surface area (Å²) in [6.45, 7) is 0.764. The molecule has 4 heteroatoms. The molecule has 0 spiro atoms. The third-order valence-corrected chi connectivity index (χ3v) is 1.94. The van der Waals surface area contributed by atoms with E-state index in [1.807, 2.05) is 0 Å². The lowest BCUT2D eigenvalue weighted by Gasteiger charge is -2.04. The summed E-state index contributed by atoms with van der Waals surface area (Å²) in [7, 11) is 0. The van der Waals surface area contributed by atoms with Gasteiger partial charge >= 0.3 is 0 Å². The van der Waals surface area contributed by atoms with Crippen molar-refractivity contribution in [3.05, 3.63) is 34.6 Å². The van der Waals surface area contributed by atoms with E-state index in [0.717, 1.165) is 0 Å². The van der Waals surface area contributed by atoms with Crippen LogP contribution in [0.25, 0.3) is 0 Å². The highest BCUT2D eigenvalue weighted by Crippen LogP contribution is 2.18. The minimum absolute atomic E-state index is 0. The van der Waals surface area contributed by atoms with Crippen molar-refractivity contribution < 1.29 is 4.39 Å². The molecule has 0 fully saturated rings. The Bertz CT molecular complexity index is 313. The SMILES string of the molecule is C#CCNCc1c(F)cccc1Cl.Cl. The second kappa shape index (κ2) is 6.67. The Hall–Kier alpha value is -0.750. The number of hydrogen-bond acceptors (Lipinski definition) is 1. The summed E-state index contributed by atoms with van der Waals surface area (Å²) in [5, 5.41) is 3.29. The largest absolute Gasteiger partial charge is 0.302 e. The number of nitrogens with one attached hydrogen (secondary N) is 1. The van der Waals surface area contributed by atoms with Crippen LogP contribution in [0.1, 0.15) is 5.56 Å². The first kappa shape index (κ1) is 13.2. The molecule has 0 aromatic heterocycles. The Labute approximate surface area is 94.1 Å². The molecule has 0 bridgehead atoms. The maximum absolute atomic E-state index is 13.1. The zero-order valence-electron chi connectivity index (χ0n) is 7.39. The Morgan fingerprint density at radius 2 is 2.21 bits per heavy atom. The fourth-order valence-electron chi connectivity index (χ4n) is 0.961. The van der Waals surface area contributed by atoms with E-state index in [1.54, 1.807) is 12.1 Å². The van der Waals surface area contributed by atoms with Crippen LogP contribution in [0.3, 0.4) is 0 Å². The molecule has 0 aliphatic heterocycles. The van der Waals surface area contributed by atoms with Gasteiger partial charge in [0.15, 0.2) is 0 Å². The van der Waals surface area contributed by atoms with E-state index in [-0.39, 0.29) is 18.2 Å². The average molecular weight is 234 g/mol. The van der Waals surface area contributed by atoms with E-state index in [9.17, 15) is 4.39 Å². The topological polar surface area (TPSA) is 12.0 Å². The van der Waals surface area contributed by atoms with Crippen LogP contribution in [0.5, 0.6) is 0 Å². The van der Waals surface area contributed by atoms with Gasteiger partial charge in [0.1, 0.15) is 5.82 Å². The molecule has 1 aromatic carbocycles. The van der Waals surface area contributed by atoms with Gasteiger partial charge in [-0.15, -0.1) is 18.8 Å². The van der Waals surface area contributed by atoms with Crippen molar-refractivity contribution >= 4 is 24.0 Å². The van der Waals surface area contributed by atoms with Gasteiger partial charge < -0.3 is 5.32 Å². The first-order valence-electron chi connectivity index (χ1n) is 3.82. The average Bonchev–Trinajstić information content (AvgIpc) is 2.10. The van der Waals surface area contributed by atoms with Crippen molar-refractivity contribution in [2.45, 2.75) is 6.54 Å². The molecular weight excluding hydrogens is 224 g/mol. The van der Waals surface area contributed by atoms with Crippen molar-refractivity contribution in [3.63, 3.8) is 0 Å². The second-order valence-corrected chi connectivity index (χ2v) is 2.92. The Kier molecular flexibility index (Phi) is 6.31. The smallest absolute Gasteiger partial charge is 0.129 e. The minimum atomic E-state index is -0.308. The molecule has 0 aliphatic rings. The normalized spacial score (nSPS) is 8.93. The lowest BCUT2D eigenvalue weighted by molar-refractivity contribution is 0.597. The maximum Gasteiger partial charge on any atom is 0.129 e. The lowest BCUT2D eigenvalue weighted by atomic mass is 10.2. The molecule has 0 saturated carbocycles. The first-order chi connectivity index (χ1) is 6.25. The van der Waals surface area contributed by atoms with Crippen molar-refractivity contribution in [1.82, 2.24) is 5.32 Å². The van der Waals surface area contributed by atoms with Crippen LogP contribution in [-0.2, 0) is 6.54 Å². The maximum atomic E-state index is 13.1. The summed E-state index contributed by atoms with van der Waals surface area (Å²) in [6, 6.07) is 4.60. The monoisotopic (exact) mass is 233 g/mol. The molecule has 0 aliphatic carbocycles. The second-order valence-electron chi connectivity index (χ2n) is 2.51. The van der Waals surface area contributed by atoms with Crippen LogP contribution >= 0.6 is 24.0 Å². The molecule has 0 atom stereocenters. The first-order valence-corrected chi connectivity index (χ1v) is 4.20. The summed E-state index contributed by atoms with van der Waals surface area (Å²) < 4.78 is 13.1. The molecule has 0 radical (unpaired) electrons. The fraction of sp³-hybridized carbons (Fsp3) is 0.200. The van der Waals surface area contributed by atoms with Gasteiger partial charge in [-0.2, -0.15) is 0 Å². The van der Waals surface area contributed by atoms with Crippen LogP contribution in [0, 0.1) is 18.2 Å². The summed E-state index contributed by atoms with van der Waals surface area (Å²) in [5.74, 6) is 2.09. The standard InChI is InChI=1S/C10H9ClFN.ClH/c1-2-6-13-7-8-9(11)4-3-5-10(8)12;/h1,3-5,13H,6-7H2;1H.